The average Bonchev–Trinajstić information content (AvgIpc) is 2.21. The molecule has 0 amide bonds. The van der Waals surface area contributed by atoms with Crippen LogP contribution in [0.3, 0.4) is 0 Å². The molecule has 72 valence electrons. The van der Waals surface area contributed by atoms with Crippen LogP contribution >= 0.6 is 0 Å². The molecular weight excluding hydrogens is 176 g/mol. The lowest BCUT2D eigenvalue weighted by Crippen LogP contribution is -2.04. The van der Waals surface area contributed by atoms with Crippen molar-refractivity contribution in [1.82, 2.24) is 4.98 Å². The molecule has 0 bridgehead atoms. The number of pyridine rings is 1. The lowest BCUT2D eigenvalue weighted by Gasteiger charge is -2.04. The summed E-state index contributed by atoms with van der Waals surface area (Å²) in [6.07, 6.45) is 2.67. The zero-order chi connectivity index (χ0) is 10.4. The van der Waals surface area contributed by atoms with Crippen molar-refractivity contribution in [2.24, 2.45) is 0 Å². The van der Waals surface area contributed by atoms with Gasteiger partial charge in [-0.2, -0.15) is 5.26 Å². The Hall–Kier alpha value is -2.02. The summed E-state index contributed by atoms with van der Waals surface area (Å²) in [6.45, 7) is 4.36. The first kappa shape index (κ1) is 10.1. The van der Waals surface area contributed by atoms with Crippen LogP contribution in [0.2, 0.25) is 0 Å². The molecule has 0 aliphatic rings. The van der Waals surface area contributed by atoms with Gasteiger partial charge in [0.05, 0.1) is 5.69 Å². The van der Waals surface area contributed by atoms with E-state index in [2.05, 4.69) is 16.9 Å². The van der Waals surface area contributed by atoms with Crippen molar-refractivity contribution in [3.05, 3.63) is 30.5 Å². The monoisotopic (exact) mass is 188 g/mol. The first-order valence-corrected chi connectivity index (χ1v) is 4.29. The first-order chi connectivity index (χ1) is 6.77. The highest BCUT2D eigenvalue weighted by molar-refractivity contribution is 5.54. The molecule has 0 radical (unpaired) electrons. The number of hydrogen-bond donors (Lipinski definition) is 2. The highest BCUT2D eigenvalue weighted by Gasteiger charge is 2.00. The summed E-state index contributed by atoms with van der Waals surface area (Å²) in [5.74, 6) is 0.664. The van der Waals surface area contributed by atoms with E-state index in [1.54, 1.807) is 12.1 Å². The predicted octanol–water partition coefficient (Wildman–Crippen LogP) is 1.52. The molecule has 1 aromatic rings. The summed E-state index contributed by atoms with van der Waals surface area (Å²) in [5, 5.41) is 11.7. The SMILES string of the molecule is C=CCCNc1ccc(N)c(C#N)n1. The fraction of sp³-hybridized carbons (Fsp3) is 0.200. The largest absolute Gasteiger partial charge is 0.396 e. The number of rotatable bonds is 4. The van der Waals surface area contributed by atoms with Gasteiger partial charge in [0.1, 0.15) is 11.9 Å². The second-order valence-corrected chi connectivity index (χ2v) is 2.75. The number of nitrogen functional groups attached to an aromatic ring is 1. The van der Waals surface area contributed by atoms with Crippen LogP contribution in [0.4, 0.5) is 11.5 Å². The van der Waals surface area contributed by atoms with Crippen molar-refractivity contribution >= 4 is 11.5 Å². The third-order valence-corrected chi connectivity index (χ3v) is 1.69. The van der Waals surface area contributed by atoms with Gasteiger partial charge in [0.2, 0.25) is 0 Å². The van der Waals surface area contributed by atoms with Crippen LogP contribution in [0.5, 0.6) is 0 Å². The van der Waals surface area contributed by atoms with Gasteiger partial charge in [0, 0.05) is 6.54 Å². The third-order valence-electron chi connectivity index (χ3n) is 1.69. The Labute approximate surface area is 83.1 Å². The second kappa shape index (κ2) is 4.87. The maximum Gasteiger partial charge on any atom is 0.165 e. The van der Waals surface area contributed by atoms with E-state index in [4.69, 9.17) is 11.0 Å². The average molecular weight is 188 g/mol. The topological polar surface area (TPSA) is 74.7 Å². The standard InChI is InChI=1S/C10H12N4/c1-2-3-6-13-10-5-4-8(12)9(7-11)14-10/h2,4-5H,1,3,6,12H2,(H,13,14). The molecule has 0 fully saturated rings. The number of nitrogens with one attached hydrogen (secondary N) is 1. The van der Waals surface area contributed by atoms with Gasteiger partial charge in [0.15, 0.2) is 5.69 Å². The van der Waals surface area contributed by atoms with E-state index in [9.17, 15) is 0 Å². The fourth-order valence-electron chi connectivity index (χ4n) is 0.960. The summed E-state index contributed by atoms with van der Waals surface area (Å²) < 4.78 is 0. The van der Waals surface area contributed by atoms with E-state index in [-0.39, 0.29) is 5.69 Å². The Kier molecular flexibility index (Phi) is 3.50. The number of hydrogen-bond acceptors (Lipinski definition) is 4. The van der Waals surface area contributed by atoms with Crippen molar-refractivity contribution in [2.45, 2.75) is 6.42 Å². The fourth-order valence-corrected chi connectivity index (χ4v) is 0.960. The molecule has 0 spiro atoms. The Morgan fingerprint density at radius 2 is 2.43 bits per heavy atom. The van der Waals surface area contributed by atoms with Crippen molar-refractivity contribution < 1.29 is 0 Å². The number of aromatic nitrogens is 1. The molecule has 0 aromatic carbocycles. The molecule has 0 unspecified atom stereocenters. The predicted molar refractivity (Wildman–Crippen MR) is 56.7 cm³/mol. The van der Waals surface area contributed by atoms with E-state index < -0.39 is 0 Å². The zero-order valence-corrected chi connectivity index (χ0v) is 7.83. The van der Waals surface area contributed by atoms with E-state index in [1.807, 2.05) is 12.1 Å². The van der Waals surface area contributed by atoms with Gasteiger partial charge in [-0.05, 0) is 18.6 Å². The smallest absolute Gasteiger partial charge is 0.165 e. The molecule has 1 heterocycles. The van der Waals surface area contributed by atoms with E-state index in [1.165, 1.54) is 0 Å². The van der Waals surface area contributed by atoms with Crippen LogP contribution < -0.4 is 11.1 Å². The molecule has 0 atom stereocenters. The summed E-state index contributed by atoms with van der Waals surface area (Å²) in [4.78, 5) is 4.03. The summed E-state index contributed by atoms with van der Waals surface area (Å²) >= 11 is 0. The Bertz CT molecular complexity index is 365. The second-order valence-electron chi connectivity index (χ2n) is 2.75. The molecule has 0 aliphatic carbocycles. The van der Waals surface area contributed by atoms with Crippen LogP contribution in [-0.4, -0.2) is 11.5 Å². The summed E-state index contributed by atoms with van der Waals surface area (Å²) in [7, 11) is 0. The van der Waals surface area contributed by atoms with Crippen LogP contribution in [0, 0.1) is 11.3 Å². The maximum absolute atomic E-state index is 8.68. The Morgan fingerprint density at radius 1 is 1.64 bits per heavy atom. The molecule has 1 aromatic heterocycles. The number of nitrogens with two attached hydrogens (primary N) is 1. The molecule has 4 heteroatoms. The van der Waals surface area contributed by atoms with Crippen molar-refractivity contribution in [2.75, 3.05) is 17.6 Å². The maximum atomic E-state index is 8.68. The normalized spacial score (nSPS) is 9.07. The number of nitriles is 1. The molecule has 0 saturated heterocycles. The minimum absolute atomic E-state index is 0.258. The van der Waals surface area contributed by atoms with Gasteiger partial charge in [-0.25, -0.2) is 4.98 Å². The minimum atomic E-state index is 0.258. The lowest BCUT2D eigenvalue weighted by molar-refractivity contribution is 1.05. The van der Waals surface area contributed by atoms with Crippen molar-refractivity contribution in [3.63, 3.8) is 0 Å². The van der Waals surface area contributed by atoms with Crippen LogP contribution in [0.1, 0.15) is 12.1 Å². The van der Waals surface area contributed by atoms with Gasteiger partial charge >= 0.3 is 0 Å². The van der Waals surface area contributed by atoms with Gasteiger partial charge in [0.25, 0.3) is 0 Å². The Morgan fingerprint density at radius 3 is 3.07 bits per heavy atom. The van der Waals surface area contributed by atoms with E-state index in [0.29, 0.717) is 11.5 Å². The van der Waals surface area contributed by atoms with Crippen molar-refractivity contribution in [3.8, 4) is 6.07 Å². The first-order valence-electron chi connectivity index (χ1n) is 4.29. The Balaban J connectivity index is 2.70. The molecule has 4 nitrogen and oxygen atoms in total. The van der Waals surface area contributed by atoms with Crippen molar-refractivity contribution in [1.29, 1.82) is 5.26 Å². The highest BCUT2D eigenvalue weighted by Crippen LogP contribution is 2.11. The van der Waals surface area contributed by atoms with Gasteiger partial charge in [-0.1, -0.05) is 6.08 Å². The minimum Gasteiger partial charge on any atom is -0.396 e. The molecule has 0 saturated carbocycles. The van der Waals surface area contributed by atoms with Crippen LogP contribution in [-0.2, 0) is 0 Å². The van der Waals surface area contributed by atoms with E-state index in [0.717, 1.165) is 13.0 Å². The molecule has 1 rings (SSSR count). The summed E-state index contributed by atoms with van der Waals surface area (Å²) in [6, 6.07) is 5.35. The van der Waals surface area contributed by atoms with Gasteiger partial charge in [-0.15, -0.1) is 6.58 Å². The molecule has 3 N–H and O–H groups in total. The lowest BCUT2D eigenvalue weighted by atomic mass is 10.3. The molecular formula is C10H12N4. The zero-order valence-electron chi connectivity index (χ0n) is 7.83. The van der Waals surface area contributed by atoms with Gasteiger partial charge in [-0.3, -0.25) is 0 Å². The van der Waals surface area contributed by atoms with Gasteiger partial charge < -0.3 is 11.1 Å². The highest BCUT2D eigenvalue weighted by atomic mass is 15.0. The number of nitrogens with zero attached hydrogens (tertiary/aromatic N) is 2. The number of anilines is 2. The van der Waals surface area contributed by atoms with Crippen LogP contribution in [0.15, 0.2) is 24.8 Å². The molecule has 0 aliphatic heterocycles. The van der Waals surface area contributed by atoms with Crippen LogP contribution in [0.25, 0.3) is 0 Å². The van der Waals surface area contributed by atoms with E-state index >= 15 is 0 Å². The third kappa shape index (κ3) is 2.49. The quantitative estimate of drug-likeness (QED) is 0.555. The molecule has 14 heavy (non-hydrogen) atoms. The summed E-state index contributed by atoms with van der Waals surface area (Å²) in [5.41, 5.74) is 6.19.